The molecule has 0 aliphatic carbocycles. The number of hydrogen-bond donors (Lipinski definition) is 2. The summed E-state index contributed by atoms with van der Waals surface area (Å²) in [7, 11) is 1.54. The highest BCUT2D eigenvalue weighted by atomic mass is 16.5. The molecule has 4 nitrogen and oxygen atoms in total. The fourth-order valence-corrected chi connectivity index (χ4v) is 1.91. The van der Waals surface area contributed by atoms with E-state index in [9.17, 15) is 4.79 Å². The van der Waals surface area contributed by atoms with Gasteiger partial charge >= 0.3 is 0 Å². The fourth-order valence-electron chi connectivity index (χ4n) is 1.91. The van der Waals surface area contributed by atoms with Crippen molar-refractivity contribution >= 4 is 17.3 Å². The van der Waals surface area contributed by atoms with Gasteiger partial charge < -0.3 is 15.4 Å². The van der Waals surface area contributed by atoms with Gasteiger partial charge in [-0.1, -0.05) is 6.07 Å². The number of nitrogens with one attached hydrogen (secondary N) is 2. The van der Waals surface area contributed by atoms with Crippen molar-refractivity contribution in [3.8, 4) is 0 Å². The number of aryl methyl sites for hydroxylation is 1. The minimum Gasteiger partial charge on any atom is -0.385 e. The molecule has 2 rings (SSSR count). The van der Waals surface area contributed by atoms with Crippen molar-refractivity contribution in [2.75, 3.05) is 24.3 Å². The number of rotatable bonds is 3. The van der Waals surface area contributed by atoms with E-state index in [0.717, 1.165) is 30.8 Å². The molecule has 4 heteroatoms. The Balaban J connectivity index is 2.13. The van der Waals surface area contributed by atoms with E-state index >= 15 is 0 Å². The predicted molar refractivity (Wildman–Crippen MR) is 73.0 cm³/mol. The minimum atomic E-state index is -0.816. The van der Waals surface area contributed by atoms with Crippen LogP contribution in [0.2, 0.25) is 0 Å². The lowest BCUT2D eigenvalue weighted by Gasteiger charge is -2.23. The first-order valence-corrected chi connectivity index (χ1v) is 6.26. The molecule has 98 valence electrons. The smallest absolute Gasteiger partial charge is 0.256 e. The van der Waals surface area contributed by atoms with Gasteiger partial charge in [-0.2, -0.15) is 0 Å². The number of methoxy groups -OCH3 is 1. The number of carbonyl (C=O) groups is 1. The average Bonchev–Trinajstić information content (AvgIpc) is 2.38. The van der Waals surface area contributed by atoms with E-state index < -0.39 is 5.60 Å². The Bertz CT molecular complexity index is 455. The molecule has 0 bridgehead atoms. The molecule has 0 spiro atoms. The van der Waals surface area contributed by atoms with Crippen LogP contribution in [0.15, 0.2) is 18.2 Å². The quantitative estimate of drug-likeness (QED) is 0.863. The maximum absolute atomic E-state index is 12.0. The first-order valence-electron chi connectivity index (χ1n) is 6.26. The Morgan fingerprint density at radius 1 is 1.44 bits per heavy atom. The van der Waals surface area contributed by atoms with Crippen LogP contribution in [0.4, 0.5) is 11.4 Å². The molecule has 1 aliphatic rings. The Morgan fingerprint density at radius 2 is 2.22 bits per heavy atom. The molecule has 0 unspecified atom stereocenters. The molecule has 0 atom stereocenters. The number of hydrogen-bond acceptors (Lipinski definition) is 3. The molecule has 18 heavy (non-hydrogen) atoms. The topological polar surface area (TPSA) is 50.4 Å². The van der Waals surface area contributed by atoms with E-state index in [2.05, 4.69) is 16.7 Å². The Kier molecular flexibility index (Phi) is 3.57. The molecule has 0 fully saturated rings. The number of benzene rings is 1. The van der Waals surface area contributed by atoms with Crippen LogP contribution in [-0.2, 0) is 16.0 Å². The summed E-state index contributed by atoms with van der Waals surface area (Å²) in [5.74, 6) is -0.138. The van der Waals surface area contributed by atoms with E-state index in [1.165, 1.54) is 12.7 Å². The molecular formula is C14H20N2O2. The number of amides is 1. The molecule has 0 saturated heterocycles. The fraction of sp³-hybridized carbons (Fsp3) is 0.500. The molecular weight excluding hydrogens is 228 g/mol. The lowest BCUT2D eigenvalue weighted by atomic mass is 10.0. The van der Waals surface area contributed by atoms with Gasteiger partial charge in [0.2, 0.25) is 0 Å². The Labute approximate surface area is 108 Å². The van der Waals surface area contributed by atoms with Crippen LogP contribution >= 0.6 is 0 Å². The van der Waals surface area contributed by atoms with Gasteiger partial charge in [0.25, 0.3) is 5.91 Å². The summed E-state index contributed by atoms with van der Waals surface area (Å²) in [5, 5.41) is 6.23. The van der Waals surface area contributed by atoms with Crippen LogP contribution in [0.25, 0.3) is 0 Å². The van der Waals surface area contributed by atoms with Crippen LogP contribution in [0.3, 0.4) is 0 Å². The standard InChI is InChI=1S/C14H20N2O2/c1-14(2,18-3)13(17)16-11-7-6-10-5-4-8-15-12(10)9-11/h6-7,9,15H,4-5,8H2,1-3H3,(H,16,17). The summed E-state index contributed by atoms with van der Waals surface area (Å²) in [4.78, 5) is 12.0. The Morgan fingerprint density at radius 3 is 2.94 bits per heavy atom. The highest BCUT2D eigenvalue weighted by molar-refractivity contribution is 5.97. The summed E-state index contributed by atoms with van der Waals surface area (Å²) in [6, 6.07) is 5.99. The normalized spacial score (nSPS) is 14.6. The molecule has 1 amide bonds. The summed E-state index contributed by atoms with van der Waals surface area (Å²) < 4.78 is 5.16. The number of anilines is 2. The SMILES string of the molecule is COC(C)(C)C(=O)Nc1ccc2c(c1)NCCC2. The van der Waals surface area contributed by atoms with Gasteiger partial charge in [0.15, 0.2) is 0 Å². The molecule has 2 N–H and O–H groups in total. The van der Waals surface area contributed by atoms with Crippen LogP contribution in [0.1, 0.15) is 25.8 Å². The largest absolute Gasteiger partial charge is 0.385 e. The van der Waals surface area contributed by atoms with E-state index in [1.807, 2.05) is 12.1 Å². The number of ether oxygens (including phenoxy) is 1. The van der Waals surface area contributed by atoms with E-state index in [-0.39, 0.29) is 5.91 Å². The summed E-state index contributed by atoms with van der Waals surface area (Å²) in [6.07, 6.45) is 2.26. The number of carbonyl (C=O) groups excluding carboxylic acids is 1. The maximum atomic E-state index is 12.0. The van der Waals surface area contributed by atoms with E-state index in [4.69, 9.17) is 4.74 Å². The highest BCUT2D eigenvalue weighted by Crippen LogP contribution is 2.26. The lowest BCUT2D eigenvalue weighted by Crippen LogP contribution is -2.38. The lowest BCUT2D eigenvalue weighted by molar-refractivity contribution is -0.133. The van der Waals surface area contributed by atoms with Gasteiger partial charge in [-0.15, -0.1) is 0 Å². The van der Waals surface area contributed by atoms with Gasteiger partial charge in [0.1, 0.15) is 5.60 Å². The molecule has 1 aliphatic heterocycles. The van der Waals surface area contributed by atoms with Crippen LogP contribution in [0, 0.1) is 0 Å². The average molecular weight is 248 g/mol. The van der Waals surface area contributed by atoms with E-state index in [1.54, 1.807) is 13.8 Å². The van der Waals surface area contributed by atoms with Crippen molar-refractivity contribution in [2.45, 2.75) is 32.3 Å². The van der Waals surface area contributed by atoms with Gasteiger partial charge in [-0.25, -0.2) is 0 Å². The third-order valence-electron chi connectivity index (χ3n) is 3.36. The maximum Gasteiger partial charge on any atom is 0.256 e. The van der Waals surface area contributed by atoms with Crippen molar-refractivity contribution in [3.63, 3.8) is 0 Å². The van der Waals surface area contributed by atoms with Crippen LogP contribution in [-0.4, -0.2) is 25.2 Å². The monoisotopic (exact) mass is 248 g/mol. The predicted octanol–water partition coefficient (Wildman–Crippen LogP) is 2.41. The van der Waals surface area contributed by atoms with Crippen molar-refractivity contribution in [3.05, 3.63) is 23.8 Å². The zero-order chi connectivity index (χ0) is 13.2. The zero-order valence-electron chi connectivity index (χ0n) is 11.2. The summed E-state index contributed by atoms with van der Waals surface area (Å²) in [5.41, 5.74) is 2.42. The highest BCUT2D eigenvalue weighted by Gasteiger charge is 2.27. The molecule has 0 radical (unpaired) electrons. The molecule has 1 heterocycles. The second kappa shape index (κ2) is 4.98. The first kappa shape index (κ1) is 12.9. The van der Waals surface area contributed by atoms with Crippen molar-refractivity contribution < 1.29 is 9.53 Å². The summed E-state index contributed by atoms with van der Waals surface area (Å²) >= 11 is 0. The van der Waals surface area contributed by atoms with E-state index in [0.29, 0.717) is 0 Å². The minimum absolute atomic E-state index is 0.138. The third-order valence-corrected chi connectivity index (χ3v) is 3.36. The molecule has 1 aromatic carbocycles. The second-order valence-electron chi connectivity index (χ2n) is 5.07. The van der Waals surface area contributed by atoms with Crippen molar-refractivity contribution in [2.24, 2.45) is 0 Å². The Hall–Kier alpha value is -1.55. The van der Waals surface area contributed by atoms with Gasteiger partial charge in [0, 0.05) is 25.0 Å². The van der Waals surface area contributed by atoms with Gasteiger partial charge in [-0.3, -0.25) is 4.79 Å². The number of fused-ring (bicyclic) bond motifs is 1. The molecule has 0 aromatic heterocycles. The van der Waals surface area contributed by atoms with Gasteiger partial charge in [-0.05, 0) is 44.4 Å². The molecule has 1 aromatic rings. The first-order chi connectivity index (χ1) is 8.53. The van der Waals surface area contributed by atoms with Crippen LogP contribution < -0.4 is 10.6 Å². The van der Waals surface area contributed by atoms with Crippen LogP contribution in [0.5, 0.6) is 0 Å². The third kappa shape index (κ3) is 2.64. The van der Waals surface area contributed by atoms with Crippen molar-refractivity contribution in [1.29, 1.82) is 0 Å². The zero-order valence-corrected chi connectivity index (χ0v) is 11.2. The second-order valence-corrected chi connectivity index (χ2v) is 5.07. The molecule has 0 saturated carbocycles. The van der Waals surface area contributed by atoms with Gasteiger partial charge in [0.05, 0.1) is 0 Å². The summed E-state index contributed by atoms with van der Waals surface area (Å²) in [6.45, 7) is 4.49. The van der Waals surface area contributed by atoms with Crippen molar-refractivity contribution in [1.82, 2.24) is 0 Å².